The van der Waals surface area contributed by atoms with Crippen molar-refractivity contribution in [2.24, 2.45) is 17.8 Å². The van der Waals surface area contributed by atoms with Crippen LogP contribution in [0.3, 0.4) is 0 Å². The summed E-state index contributed by atoms with van der Waals surface area (Å²) in [7, 11) is 4.89. The highest BCUT2D eigenvalue weighted by atomic mass is 16.6. The number of carbonyl (C=O) groups is 1. The predicted molar refractivity (Wildman–Crippen MR) is 123 cm³/mol. The molecule has 1 aliphatic rings. The molecule has 0 aromatic heterocycles. The molecule has 6 heteroatoms. The normalized spacial score (nSPS) is 17.9. The van der Waals surface area contributed by atoms with Gasteiger partial charge in [-0.3, -0.25) is 4.79 Å². The third-order valence-corrected chi connectivity index (χ3v) is 5.80. The zero-order chi connectivity index (χ0) is 23.1. The third-order valence-electron chi connectivity index (χ3n) is 5.80. The Hall–Kier alpha value is -2.73. The van der Waals surface area contributed by atoms with Crippen LogP contribution in [0, 0.1) is 17.8 Å². The topological polar surface area (TPSA) is 63.2 Å². The monoisotopic (exact) mass is 442 g/mol. The first-order chi connectivity index (χ1) is 15.4. The summed E-state index contributed by atoms with van der Waals surface area (Å²) in [5.41, 5.74) is 2.34. The molecule has 2 aromatic rings. The average Bonchev–Trinajstić information content (AvgIpc) is 3.20. The summed E-state index contributed by atoms with van der Waals surface area (Å²) < 4.78 is 27.6. The van der Waals surface area contributed by atoms with Gasteiger partial charge >= 0.3 is 5.97 Å². The second-order valence-electron chi connectivity index (χ2n) is 8.71. The second-order valence-corrected chi connectivity index (χ2v) is 8.71. The number of hydrogen-bond donors (Lipinski definition) is 0. The fourth-order valence-corrected chi connectivity index (χ4v) is 4.13. The van der Waals surface area contributed by atoms with Crippen LogP contribution in [0.1, 0.15) is 31.4 Å². The van der Waals surface area contributed by atoms with Gasteiger partial charge in [-0.2, -0.15) is 0 Å². The van der Waals surface area contributed by atoms with Crippen molar-refractivity contribution in [1.82, 2.24) is 0 Å². The van der Waals surface area contributed by atoms with Gasteiger partial charge in [-0.25, -0.2) is 0 Å². The zero-order valence-corrected chi connectivity index (χ0v) is 19.7. The number of ether oxygens (including phenoxy) is 5. The van der Waals surface area contributed by atoms with Crippen molar-refractivity contribution < 1.29 is 28.5 Å². The molecule has 32 heavy (non-hydrogen) atoms. The van der Waals surface area contributed by atoms with Crippen molar-refractivity contribution in [3.05, 3.63) is 47.5 Å². The van der Waals surface area contributed by atoms with Gasteiger partial charge in [0.15, 0.2) is 23.0 Å². The Morgan fingerprint density at radius 3 is 1.84 bits per heavy atom. The van der Waals surface area contributed by atoms with Gasteiger partial charge in [-0.1, -0.05) is 26.0 Å². The zero-order valence-electron chi connectivity index (χ0n) is 19.7. The molecule has 0 spiro atoms. The van der Waals surface area contributed by atoms with E-state index >= 15 is 0 Å². The quantitative estimate of drug-likeness (QED) is 0.392. The lowest BCUT2D eigenvalue weighted by atomic mass is 9.85. The van der Waals surface area contributed by atoms with Crippen LogP contribution in [-0.2, 0) is 22.4 Å². The molecule has 1 saturated heterocycles. The van der Waals surface area contributed by atoms with Crippen LogP contribution in [0.5, 0.6) is 23.0 Å². The molecule has 0 unspecified atom stereocenters. The van der Waals surface area contributed by atoms with E-state index in [9.17, 15) is 4.79 Å². The van der Waals surface area contributed by atoms with Gasteiger partial charge in [-0.15, -0.1) is 0 Å². The first-order valence-corrected chi connectivity index (χ1v) is 11.1. The van der Waals surface area contributed by atoms with Crippen molar-refractivity contribution in [2.75, 3.05) is 34.5 Å². The van der Waals surface area contributed by atoms with Gasteiger partial charge < -0.3 is 23.7 Å². The minimum atomic E-state index is -0.245. The summed E-state index contributed by atoms with van der Waals surface area (Å²) in [5.74, 6) is 3.32. The second kappa shape index (κ2) is 11.2. The van der Waals surface area contributed by atoms with Gasteiger partial charge in [0.25, 0.3) is 0 Å². The summed E-state index contributed by atoms with van der Waals surface area (Å²) in [6.45, 7) is 5.44. The first kappa shape index (κ1) is 23.9. The fraction of sp³-hybridized carbons (Fsp3) is 0.500. The number of benzene rings is 2. The number of hydrogen-bond acceptors (Lipinski definition) is 6. The van der Waals surface area contributed by atoms with E-state index in [0.717, 1.165) is 43.1 Å². The van der Waals surface area contributed by atoms with E-state index in [4.69, 9.17) is 23.7 Å². The molecule has 0 N–H and O–H groups in total. The van der Waals surface area contributed by atoms with E-state index in [1.165, 1.54) is 5.56 Å². The van der Waals surface area contributed by atoms with Crippen LogP contribution in [0.2, 0.25) is 0 Å². The van der Waals surface area contributed by atoms with Crippen LogP contribution in [0.25, 0.3) is 0 Å². The molecule has 2 atom stereocenters. The van der Waals surface area contributed by atoms with Gasteiger partial charge in [0.2, 0.25) is 0 Å². The van der Waals surface area contributed by atoms with Crippen LogP contribution in [-0.4, -0.2) is 40.5 Å². The molecule has 2 aromatic carbocycles. The molecule has 0 radical (unpaired) electrons. The number of methoxy groups -OCH3 is 3. The van der Waals surface area contributed by atoms with E-state index in [2.05, 4.69) is 6.07 Å². The molecular weight excluding hydrogens is 408 g/mol. The van der Waals surface area contributed by atoms with Crippen molar-refractivity contribution in [3.8, 4) is 23.0 Å². The van der Waals surface area contributed by atoms with Crippen molar-refractivity contribution in [3.63, 3.8) is 0 Å². The first-order valence-electron chi connectivity index (χ1n) is 11.1. The van der Waals surface area contributed by atoms with Crippen LogP contribution in [0.4, 0.5) is 0 Å². The summed E-state index contributed by atoms with van der Waals surface area (Å²) in [6, 6.07) is 11.9. The Kier molecular flexibility index (Phi) is 8.39. The molecule has 0 bridgehead atoms. The Morgan fingerprint density at radius 1 is 0.844 bits per heavy atom. The van der Waals surface area contributed by atoms with Gasteiger partial charge in [0.05, 0.1) is 34.5 Å². The standard InChI is InChI=1S/C26H34O6/c1-17(2)10-26(27)32-23-9-7-19(14-25(23)30-5)12-21-16-31-15-20(21)11-18-6-8-22(28-3)24(13-18)29-4/h6-9,13-14,17,20-21H,10-12,15-16H2,1-5H3/t20-,21-/m0/s1. The maximum absolute atomic E-state index is 12.0. The SMILES string of the molecule is COc1ccc(C[C@H]2COC[C@@H]2Cc2ccc(OC(=O)CC(C)C)c(OC)c2)cc1OC. The number of esters is 1. The smallest absolute Gasteiger partial charge is 0.311 e. The fourth-order valence-electron chi connectivity index (χ4n) is 4.13. The predicted octanol–water partition coefficient (Wildman–Crippen LogP) is 4.71. The van der Waals surface area contributed by atoms with Crippen LogP contribution >= 0.6 is 0 Å². The molecule has 6 nitrogen and oxygen atoms in total. The van der Waals surface area contributed by atoms with Crippen molar-refractivity contribution in [2.45, 2.75) is 33.1 Å². The molecule has 1 aliphatic heterocycles. The molecule has 3 rings (SSSR count). The maximum atomic E-state index is 12.0. The van der Waals surface area contributed by atoms with E-state index in [1.54, 1.807) is 21.3 Å². The largest absolute Gasteiger partial charge is 0.493 e. The van der Waals surface area contributed by atoms with Crippen molar-refractivity contribution in [1.29, 1.82) is 0 Å². The van der Waals surface area contributed by atoms with Crippen LogP contribution < -0.4 is 18.9 Å². The molecule has 174 valence electrons. The number of carbonyl (C=O) groups excluding carboxylic acids is 1. The summed E-state index contributed by atoms with van der Waals surface area (Å²) in [6.07, 6.45) is 2.16. The third kappa shape index (κ3) is 6.16. The average molecular weight is 443 g/mol. The maximum Gasteiger partial charge on any atom is 0.311 e. The Morgan fingerprint density at radius 2 is 1.34 bits per heavy atom. The van der Waals surface area contributed by atoms with E-state index in [-0.39, 0.29) is 11.9 Å². The summed E-state index contributed by atoms with van der Waals surface area (Å²) >= 11 is 0. The highest BCUT2D eigenvalue weighted by molar-refractivity contribution is 5.73. The highest BCUT2D eigenvalue weighted by Gasteiger charge is 2.29. The minimum Gasteiger partial charge on any atom is -0.493 e. The Labute approximate surface area is 190 Å². The number of rotatable bonds is 10. The lowest BCUT2D eigenvalue weighted by Crippen LogP contribution is -2.18. The van der Waals surface area contributed by atoms with Crippen LogP contribution in [0.15, 0.2) is 36.4 Å². The van der Waals surface area contributed by atoms with E-state index < -0.39 is 0 Å². The summed E-state index contributed by atoms with van der Waals surface area (Å²) in [4.78, 5) is 12.0. The Balaban J connectivity index is 1.67. The lowest BCUT2D eigenvalue weighted by molar-refractivity contribution is -0.135. The van der Waals surface area contributed by atoms with Crippen molar-refractivity contribution >= 4 is 5.97 Å². The molecule has 0 aliphatic carbocycles. The molecule has 0 amide bonds. The van der Waals surface area contributed by atoms with Gasteiger partial charge in [0, 0.05) is 6.42 Å². The van der Waals surface area contributed by atoms with Gasteiger partial charge in [0.1, 0.15) is 0 Å². The van der Waals surface area contributed by atoms with E-state index in [0.29, 0.717) is 29.8 Å². The Bertz CT molecular complexity index is 907. The minimum absolute atomic E-state index is 0.245. The summed E-state index contributed by atoms with van der Waals surface area (Å²) in [5, 5.41) is 0. The lowest BCUT2D eigenvalue weighted by Gasteiger charge is -2.19. The van der Waals surface area contributed by atoms with E-state index in [1.807, 2.05) is 44.2 Å². The molecule has 0 saturated carbocycles. The molecule has 1 fully saturated rings. The highest BCUT2D eigenvalue weighted by Crippen LogP contribution is 2.34. The van der Waals surface area contributed by atoms with Gasteiger partial charge in [-0.05, 0) is 66.0 Å². The molecule has 1 heterocycles. The molecular formula is C26H34O6.